The molecular weight excluding hydrogens is 300 g/mol. The van der Waals surface area contributed by atoms with Crippen LogP contribution in [0.25, 0.3) is 5.57 Å². The maximum atomic E-state index is 13.3. The van der Waals surface area contributed by atoms with Crippen LogP contribution >= 0.6 is 0 Å². The van der Waals surface area contributed by atoms with Crippen LogP contribution in [0.2, 0.25) is 0 Å². The maximum absolute atomic E-state index is 13.3. The predicted molar refractivity (Wildman–Crippen MR) is 93.7 cm³/mol. The van der Waals surface area contributed by atoms with E-state index in [0.717, 1.165) is 42.6 Å². The summed E-state index contributed by atoms with van der Waals surface area (Å²) in [5.74, 6) is 1.24. The zero-order valence-electron chi connectivity index (χ0n) is 15.0. The molecule has 0 amide bonds. The maximum Gasteiger partial charge on any atom is 0.173 e. The number of rotatable bonds is 4. The van der Waals surface area contributed by atoms with E-state index in [9.17, 15) is 4.79 Å². The quantitative estimate of drug-likeness (QED) is 0.843. The van der Waals surface area contributed by atoms with E-state index >= 15 is 0 Å². The minimum atomic E-state index is -0.0237. The van der Waals surface area contributed by atoms with Crippen LogP contribution in [-0.2, 0) is 27.1 Å². The van der Waals surface area contributed by atoms with E-state index in [1.165, 1.54) is 16.7 Å². The van der Waals surface area contributed by atoms with Crippen LogP contribution in [-0.4, -0.2) is 25.1 Å². The van der Waals surface area contributed by atoms with Crippen LogP contribution < -0.4 is 0 Å². The van der Waals surface area contributed by atoms with E-state index in [0.29, 0.717) is 0 Å². The molecule has 0 saturated carbocycles. The molecule has 2 heterocycles. The SMILES string of the molecule is CCc1cc(C)cc(CC)c1C1=C(OC)[C@H]2[C@@H](C1=O)[C@@H]1CC[C@H]2O1. The van der Waals surface area contributed by atoms with Crippen molar-refractivity contribution in [1.82, 2.24) is 0 Å². The van der Waals surface area contributed by atoms with Gasteiger partial charge in [0.2, 0.25) is 0 Å². The molecule has 0 spiro atoms. The zero-order valence-corrected chi connectivity index (χ0v) is 15.0. The number of methoxy groups -OCH3 is 1. The van der Waals surface area contributed by atoms with Gasteiger partial charge in [-0.15, -0.1) is 0 Å². The molecule has 0 aromatic heterocycles. The summed E-state index contributed by atoms with van der Waals surface area (Å²) in [5.41, 5.74) is 5.78. The molecule has 1 aromatic carbocycles. The van der Waals surface area contributed by atoms with Gasteiger partial charge in [-0.25, -0.2) is 0 Å². The molecule has 0 unspecified atom stereocenters. The Hall–Kier alpha value is -1.61. The molecule has 4 rings (SSSR count). The molecule has 1 aliphatic carbocycles. The molecule has 2 bridgehead atoms. The molecular formula is C21H26O3. The second-order valence-corrected chi connectivity index (χ2v) is 7.31. The van der Waals surface area contributed by atoms with Crippen molar-refractivity contribution in [3.63, 3.8) is 0 Å². The minimum Gasteiger partial charge on any atom is -0.500 e. The lowest BCUT2D eigenvalue weighted by Crippen LogP contribution is -2.29. The topological polar surface area (TPSA) is 35.5 Å². The van der Waals surface area contributed by atoms with E-state index in [2.05, 4.69) is 32.9 Å². The molecule has 4 atom stereocenters. The molecule has 2 saturated heterocycles. The molecule has 1 aromatic rings. The number of hydrogen-bond acceptors (Lipinski definition) is 3. The number of ether oxygens (including phenoxy) is 2. The molecule has 3 aliphatic rings. The first-order valence-corrected chi connectivity index (χ1v) is 9.21. The molecule has 3 heteroatoms. The van der Waals surface area contributed by atoms with Gasteiger partial charge < -0.3 is 9.47 Å². The fourth-order valence-corrected chi connectivity index (χ4v) is 5.10. The molecule has 24 heavy (non-hydrogen) atoms. The summed E-state index contributed by atoms with van der Waals surface area (Å²) in [7, 11) is 1.71. The third-order valence-electron chi connectivity index (χ3n) is 6.05. The van der Waals surface area contributed by atoms with Crippen LogP contribution in [0, 0.1) is 18.8 Å². The summed E-state index contributed by atoms with van der Waals surface area (Å²) in [6.45, 7) is 6.46. The first-order valence-electron chi connectivity index (χ1n) is 9.21. The van der Waals surface area contributed by atoms with E-state index < -0.39 is 0 Å². The average Bonchev–Trinajstić information content (AvgIpc) is 3.26. The van der Waals surface area contributed by atoms with Crippen molar-refractivity contribution in [2.75, 3.05) is 7.11 Å². The second-order valence-electron chi connectivity index (χ2n) is 7.31. The van der Waals surface area contributed by atoms with Gasteiger partial charge in [0.1, 0.15) is 5.76 Å². The van der Waals surface area contributed by atoms with Crippen LogP contribution in [0.4, 0.5) is 0 Å². The number of fused-ring (bicyclic) bond motifs is 5. The van der Waals surface area contributed by atoms with Gasteiger partial charge in [-0.1, -0.05) is 31.5 Å². The number of aryl methyl sites for hydroxylation is 3. The predicted octanol–water partition coefficient (Wildman–Crippen LogP) is 3.85. The van der Waals surface area contributed by atoms with Gasteiger partial charge in [0.05, 0.1) is 36.7 Å². The first kappa shape index (κ1) is 15.9. The number of benzene rings is 1. The van der Waals surface area contributed by atoms with Crippen LogP contribution in [0.3, 0.4) is 0 Å². The Morgan fingerprint density at radius 2 is 1.67 bits per heavy atom. The Balaban J connectivity index is 1.92. The third-order valence-corrected chi connectivity index (χ3v) is 6.05. The first-order chi connectivity index (χ1) is 11.6. The monoisotopic (exact) mass is 326 g/mol. The van der Waals surface area contributed by atoms with Crippen molar-refractivity contribution in [1.29, 1.82) is 0 Å². The van der Waals surface area contributed by atoms with Crippen LogP contribution in [0.1, 0.15) is 48.9 Å². The van der Waals surface area contributed by atoms with Gasteiger partial charge in [-0.3, -0.25) is 4.79 Å². The number of carbonyl (C=O) groups is 1. The lowest BCUT2D eigenvalue weighted by Gasteiger charge is -2.21. The van der Waals surface area contributed by atoms with Crippen LogP contribution in [0.5, 0.6) is 0 Å². The fourth-order valence-electron chi connectivity index (χ4n) is 5.10. The van der Waals surface area contributed by atoms with Gasteiger partial charge in [0, 0.05) is 0 Å². The highest BCUT2D eigenvalue weighted by Crippen LogP contribution is 2.55. The standard InChI is InChI=1S/C21H26O3/c1-5-12-9-11(3)10-13(6-2)16(12)19-20(22)17-14-7-8-15(24-14)18(17)21(19)23-4/h9-10,14-15,17-18H,5-8H2,1-4H3/t14-,15+,17-,18+/m0/s1. The smallest absolute Gasteiger partial charge is 0.173 e. The largest absolute Gasteiger partial charge is 0.500 e. The molecule has 0 N–H and O–H groups in total. The number of hydrogen-bond donors (Lipinski definition) is 0. The molecule has 3 nitrogen and oxygen atoms in total. The molecule has 2 fully saturated rings. The van der Waals surface area contributed by atoms with Crippen molar-refractivity contribution in [3.05, 3.63) is 40.1 Å². The van der Waals surface area contributed by atoms with Crippen molar-refractivity contribution >= 4 is 11.4 Å². The van der Waals surface area contributed by atoms with Crippen molar-refractivity contribution < 1.29 is 14.3 Å². The van der Waals surface area contributed by atoms with E-state index in [4.69, 9.17) is 9.47 Å². The molecule has 128 valence electrons. The summed E-state index contributed by atoms with van der Waals surface area (Å²) in [4.78, 5) is 13.3. The summed E-state index contributed by atoms with van der Waals surface area (Å²) in [6.07, 6.45) is 4.17. The Morgan fingerprint density at radius 1 is 1.08 bits per heavy atom. The van der Waals surface area contributed by atoms with E-state index in [1.54, 1.807) is 7.11 Å². The highest BCUT2D eigenvalue weighted by Gasteiger charge is 2.59. The summed E-state index contributed by atoms with van der Waals surface area (Å²) < 4.78 is 11.8. The van der Waals surface area contributed by atoms with Gasteiger partial charge >= 0.3 is 0 Å². The average molecular weight is 326 g/mol. The normalized spacial score (nSPS) is 31.1. The summed E-state index contributed by atoms with van der Waals surface area (Å²) >= 11 is 0. The van der Waals surface area contributed by atoms with Gasteiger partial charge in [0.25, 0.3) is 0 Å². The highest BCUT2D eigenvalue weighted by molar-refractivity contribution is 6.26. The van der Waals surface area contributed by atoms with Gasteiger partial charge in [-0.05, 0) is 49.3 Å². The van der Waals surface area contributed by atoms with Crippen molar-refractivity contribution in [2.45, 2.75) is 58.7 Å². The highest BCUT2D eigenvalue weighted by atomic mass is 16.5. The molecule has 0 radical (unpaired) electrons. The lowest BCUT2D eigenvalue weighted by molar-refractivity contribution is -0.118. The summed E-state index contributed by atoms with van der Waals surface area (Å²) in [5, 5.41) is 0. The Bertz CT molecular complexity index is 706. The third kappa shape index (κ3) is 2.03. The minimum absolute atomic E-state index is 0.0237. The Labute approximate surface area is 144 Å². The van der Waals surface area contributed by atoms with E-state index in [1.807, 2.05) is 0 Å². The van der Waals surface area contributed by atoms with Crippen molar-refractivity contribution in [2.24, 2.45) is 11.8 Å². The Kier molecular flexibility index (Phi) is 3.80. The van der Waals surface area contributed by atoms with Gasteiger partial charge in [-0.2, -0.15) is 0 Å². The summed E-state index contributed by atoms with van der Waals surface area (Å²) in [6, 6.07) is 4.45. The number of allylic oxidation sites excluding steroid dienone is 1. The second kappa shape index (κ2) is 5.73. The number of Topliss-reactive ketones (excluding diaryl/α,β-unsaturated/α-hetero) is 1. The Morgan fingerprint density at radius 3 is 2.21 bits per heavy atom. The lowest BCUT2D eigenvalue weighted by atomic mass is 9.80. The van der Waals surface area contributed by atoms with E-state index in [-0.39, 0.29) is 29.8 Å². The number of ketones is 1. The fraction of sp³-hybridized carbons (Fsp3) is 0.571. The van der Waals surface area contributed by atoms with Gasteiger partial charge in [0.15, 0.2) is 5.78 Å². The number of carbonyl (C=O) groups excluding carboxylic acids is 1. The van der Waals surface area contributed by atoms with Crippen LogP contribution in [0.15, 0.2) is 17.9 Å². The van der Waals surface area contributed by atoms with Crippen molar-refractivity contribution in [3.8, 4) is 0 Å². The molecule has 2 aliphatic heterocycles. The zero-order chi connectivity index (χ0) is 17.0.